The van der Waals surface area contributed by atoms with Crippen LogP contribution in [0.1, 0.15) is 0 Å². The topological polar surface area (TPSA) is 109 Å². The Morgan fingerprint density at radius 2 is 2.08 bits per heavy atom. The van der Waals surface area contributed by atoms with Crippen molar-refractivity contribution in [2.45, 2.75) is 5.16 Å². The van der Waals surface area contributed by atoms with Crippen LogP contribution in [0.3, 0.4) is 0 Å². The number of methoxy groups -OCH3 is 1. The molecule has 0 saturated carbocycles. The molecular weight excluding hydrogens is 452 g/mol. The number of hydrogen-bond donors (Lipinski definition) is 1. The van der Waals surface area contributed by atoms with Gasteiger partial charge in [-0.1, -0.05) is 11.6 Å². The summed E-state index contributed by atoms with van der Waals surface area (Å²) in [5, 5.41) is 3.37. The van der Waals surface area contributed by atoms with E-state index in [9.17, 15) is 13.2 Å². The van der Waals surface area contributed by atoms with E-state index >= 15 is 0 Å². The lowest BCUT2D eigenvalue weighted by atomic mass is 10.4. The van der Waals surface area contributed by atoms with E-state index in [0.29, 0.717) is 0 Å². The first-order valence-electron chi connectivity index (χ1n) is 6.96. The molecule has 0 atom stereocenters. The van der Waals surface area contributed by atoms with Gasteiger partial charge in [-0.2, -0.15) is 17.9 Å². The van der Waals surface area contributed by atoms with Gasteiger partial charge in [-0.05, 0) is 12.1 Å². The number of nitrogens with zero attached hydrogens (tertiary/aromatic N) is 5. The van der Waals surface area contributed by atoms with Gasteiger partial charge in [0.2, 0.25) is 0 Å². The highest BCUT2D eigenvalue weighted by molar-refractivity contribution is 9.07. The van der Waals surface area contributed by atoms with Crippen LogP contribution in [0.5, 0.6) is 5.75 Å². The average Bonchev–Trinajstić information content (AvgIpc) is 3.04. The van der Waals surface area contributed by atoms with E-state index in [0.717, 1.165) is 4.52 Å². The lowest BCUT2D eigenvalue weighted by Crippen LogP contribution is -2.36. The number of amides is 1. The highest BCUT2D eigenvalue weighted by atomic mass is 79.9. The molecule has 0 aromatic carbocycles. The molecular formula is C13H12BrClN6O4S. The average molecular weight is 464 g/mol. The molecule has 3 rings (SSSR count). The van der Waals surface area contributed by atoms with Crippen molar-refractivity contribution in [3.63, 3.8) is 0 Å². The number of pyridine rings is 1. The van der Waals surface area contributed by atoms with E-state index in [1.807, 2.05) is 4.72 Å². The largest absolute Gasteiger partial charge is 0.493 e. The van der Waals surface area contributed by atoms with Crippen molar-refractivity contribution >= 4 is 49.3 Å². The van der Waals surface area contributed by atoms with Crippen molar-refractivity contribution in [3.05, 3.63) is 41.6 Å². The quantitative estimate of drug-likeness (QED) is 0.530. The molecule has 1 N–H and O–H groups in total. The maximum Gasteiger partial charge on any atom is 0.301 e. The monoisotopic (exact) mass is 462 g/mol. The molecule has 10 nitrogen and oxygen atoms in total. The number of halogens is 2. The van der Waals surface area contributed by atoms with E-state index in [4.69, 9.17) is 16.3 Å². The number of aromatic nitrogens is 3. The molecule has 2 aromatic heterocycles. The molecule has 0 unspecified atom stereocenters. The number of ether oxygens (including phenoxy) is 1. The smallest absolute Gasteiger partial charge is 0.301 e. The maximum atomic E-state index is 12.5. The number of rotatable bonds is 4. The van der Waals surface area contributed by atoms with Gasteiger partial charge in [0.1, 0.15) is 10.9 Å². The van der Waals surface area contributed by atoms with Crippen LogP contribution in [0, 0.1) is 0 Å². The molecule has 0 bridgehead atoms. The van der Waals surface area contributed by atoms with Gasteiger partial charge < -0.3 is 9.64 Å². The fourth-order valence-corrected chi connectivity index (χ4v) is 3.45. The summed E-state index contributed by atoms with van der Waals surface area (Å²) < 4.78 is 34.5. The Balaban J connectivity index is 1.95. The summed E-state index contributed by atoms with van der Waals surface area (Å²) in [7, 11) is -1.25. The van der Waals surface area contributed by atoms with Crippen molar-refractivity contribution in [2.24, 2.45) is 0 Å². The Morgan fingerprint density at radius 3 is 2.77 bits per heavy atom. The zero-order chi connectivity index (χ0) is 19.1. The van der Waals surface area contributed by atoms with E-state index in [1.165, 1.54) is 35.6 Å². The third-order valence-electron chi connectivity index (χ3n) is 3.29. The summed E-state index contributed by atoms with van der Waals surface area (Å²) in [6, 6.07) is 3.01. The zero-order valence-corrected chi connectivity index (χ0v) is 16.6. The lowest BCUT2D eigenvalue weighted by molar-refractivity contribution is -0.116. The number of carbonyl (C=O) groups excluding carboxylic acids is 1. The number of nitrogens with one attached hydrogen (secondary N) is 1. The molecule has 0 radical (unpaired) electrons. The van der Waals surface area contributed by atoms with Crippen LogP contribution < -0.4 is 9.46 Å². The van der Waals surface area contributed by atoms with Crippen LogP contribution >= 0.6 is 27.7 Å². The summed E-state index contributed by atoms with van der Waals surface area (Å²) >= 11 is 9.13. The molecule has 138 valence electrons. The second-order valence-corrected chi connectivity index (χ2v) is 7.81. The van der Waals surface area contributed by atoms with E-state index in [1.54, 1.807) is 18.1 Å². The van der Waals surface area contributed by atoms with Gasteiger partial charge in [-0.3, -0.25) is 8.72 Å². The van der Waals surface area contributed by atoms with Crippen LogP contribution in [0.4, 0.5) is 0 Å². The summed E-state index contributed by atoms with van der Waals surface area (Å²) in [4.78, 5) is 17.9. The number of fused-ring (bicyclic) bond motifs is 1. The summed E-state index contributed by atoms with van der Waals surface area (Å²) in [6.45, 7) is 0. The van der Waals surface area contributed by atoms with Gasteiger partial charge in [0.15, 0.2) is 11.4 Å². The minimum Gasteiger partial charge on any atom is -0.493 e. The van der Waals surface area contributed by atoms with Crippen LogP contribution in [0.15, 0.2) is 41.6 Å². The predicted octanol–water partition coefficient (Wildman–Crippen LogP) is 1.07. The first-order chi connectivity index (χ1) is 12.2. The highest BCUT2D eigenvalue weighted by Crippen LogP contribution is 2.23. The van der Waals surface area contributed by atoms with E-state index in [-0.39, 0.29) is 22.2 Å². The molecule has 13 heteroatoms. The molecule has 3 heterocycles. The predicted molar refractivity (Wildman–Crippen MR) is 95.6 cm³/mol. The van der Waals surface area contributed by atoms with Crippen molar-refractivity contribution in [2.75, 3.05) is 14.2 Å². The normalized spacial score (nSPS) is 14.5. The Labute approximate surface area is 162 Å². The fourth-order valence-electron chi connectivity index (χ4n) is 2.08. The first kappa shape index (κ1) is 18.5. The third kappa shape index (κ3) is 3.34. The lowest BCUT2D eigenvalue weighted by Gasteiger charge is -2.22. The van der Waals surface area contributed by atoms with Crippen LogP contribution in [-0.2, 0) is 14.8 Å². The van der Waals surface area contributed by atoms with Crippen LogP contribution in [-0.4, -0.2) is 51.9 Å². The van der Waals surface area contributed by atoms with Gasteiger partial charge in [-0.15, -0.1) is 5.10 Å². The minimum absolute atomic E-state index is 0.0537. The third-order valence-corrected chi connectivity index (χ3v) is 5.30. The van der Waals surface area contributed by atoms with Gasteiger partial charge >= 0.3 is 10.0 Å². The minimum atomic E-state index is -4.34. The molecule has 0 aliphatic carbocycles. The van der Waals surface area contributed by atoms with Crippen molar-refractivity contribution in [1.29, 1.82) is 0 Å². The Kier molecular flexibility index (Phi) is 4.82. The highest BCUT2D eigenvalue weighted by Gasteiger charge is 2.28. The molecule has 1 amide bonds. The Hall–Kier alpha value is -2.31. The van der Waals surface area contributed by atoms with Crippen molar-refractivity contribution < 1.29 is 17.9 Å². The Bertz CT molecular complexity index is 1050. The first-order valence-corrected chi connectivity index (χ1v) is 9.53. The summed E-state index contributed by atoms with van der Waals surface area (Å²) in [5.74, 6) is -0.585. The Morgan fingerprint density at radius 1 is 1.35 bits per heavy atom. The molecule has 0 spiro atoms. The summed E-state index contributed by atoms with van der Waals surface area (Å²) in [5.41, 5.74) is 0.160. The maximum absolute atomic E-state index is 12.5. The second kappa shape index (κ2) is 6.78. The van der Waals surface area contributed by atoms with Gasteiger partial charge in [0, 0.05) is 25.6 Å². The second-order valence-electron chi connectivity index (χ2n) is 5.08. The molecule has 1 aliphatic heterocycles. The van der Waals surface area contributed by atoms with Crippen LogP contribution in [0.25, 0.3) is 5.65 Å². The molecule has 1 aliphatic rings. The summed E-state index contributed by atoms with van der Waals surface area (Å²) in [6.07, 6.45) is 4.64. The van der Waals surface area contributed by atoms with Crippen molar-refractivity contribution in [3.8, 4) is 5.75 Å². The zero-order valence-electron chi connectivity index (χ0n) is 13.4. The standard InChI is InChI=1S/C13H12BrClN6O4S/c1-19-5-6-20(14)8(7-19)12(22)18-26(23,24)13-16-11-9(25-2)3-4-10(15)21(11)17-13/h3-7H,1-2H3,(H,18,22). The molecule has 26 heavy (non-hydrogen) atoms. The fraction of sp³-hybridized carbons (Fsp3) is 0.154. The van der Waals surface area contributed by atoms with E-state index in [2.05, 4.69) is 26.2 Å². The van der Waals surface area contributed by atoms with Crippen LogP contribution in [0.2, 0.25) is 5.15 Å². The number of hydrogen-bond acceptors (Lipinski definition) is 8. The van der Waals surface area contributed by atoms with Gasteiger partial charge in [-0.25, -0.2) is 4.72 Å². The van der Waals surface area contributed by atoms with Gasteiger partial charge in [0.25, 0.3) is 11.1 Å². The van der Waals surface area contributed by atoms with E-state index < -0.39 is 21.1 Å². The molecule has 2 aromatic rings. The van der Waals surface area contributed by atoms with Crippen molar-refractivity contribution in [1.82, 2.24) is 28.1 Å². The molecule has 0 fully saturated rings. The SMILES string of the molecule is COc1ccc(Cl)n2nc(S(=O)(=O)NC(=O)C3=CN(C)C=CN3Br)nc12. The number of carbonyl (C=O) groups is 1. The molecule has 0 saturated heterocycles. The van der Waals surface area contributed by atoms with Gasteiger partial charge in [0.05, 0.1) is 23.3 Å². The number of sulfonamides is 1.